The third-order valence-electron chi connectivity index (χ3n) is 2.28. The molecule has 0 spiro atoms. The van der Waals surface area contributed by atoms with Gasteiger partial charge in [0.15, 0.2) is 5.16 Å². The molecule has 5 nitrogen and oxygen atoms in total. The molecule has 0 fully saturated rings. The van der Waals surface area contributed by atoms with E-state index in [4.69, 9.17) is 5.11 Å². The van der Waals surface area contributed by atoms with Gasteiger partial charge in [-0.25, -0.2) is 4.98 Å². The summed E-state index contributed by atoms with van der Waals surface area (Å²) in [5.41, 5.74) is 1.18. The lowest BCUT2D eigenvalue weighted by Crippen LogP contribution is -2.16. The molecule has 1 aromatic carbocycles. The lowest BCUT2D eigenvalue weighted by Gasteiger charge is -2.08. The Hall–Kier alpha value is -2.16. The van der Waals surface area contributed by atoms with Gasteiger partial charge in [0.05, 0.1) is 17.6 Å². The molecule has 1 aromatic heterocycles. The van der Waals surface area contributed by atoms with Crippen molar-refractivity contribution in [1.82, 2.24) is 9.97 Å². The maximum atomic E-state index is 12.0. The molecular formula is C12H9F3N2O3S. The molecule has 0 unspecified atom stereocenters. The highest BCUT2D eigenvalue weighted by atomic mass is 32.2. The second kappa shape index (κ2) is 6.08. The van der Waals surface area contributed by atoms with Gasteiger partial charge in [0, 0.05) is 0 Å². The summed E-state index contributed by atoms with van der Waals surface area (Å²) in [6, 6.07) is 5.27. The van der Waals surface area contributed by atoms with Gasteiger partial charge in [-0.2, -0.15) is 0 Å². The monoisotopic (exact) mass is 318 g/mol. The Labute approximate surface area is 121 Å². The van der Waals surface area contributed by atoms with Gasteiger partial charge in [0.1, 0.15) is 5.75 Å². The SMILES string of the molecule is O=C(O)CSc1ncc(-c2ccc(OC(F)(F)F)cc2)[nH]1. The molecule has 0 aliphatic carbocycles. The van der Waals surface area contributed by atoms with Gasteiger partial charge in [-0.3, -0.25) is 4.79 Å². The van der Waals surface area contributed by atoms with Gasteiger partial charge in [0.25, 0.3) is 0 Å². The summed E-state index contributed by atoms with van der Waals surface area (Å²) in [4.78, 5) is 17.3. The van der Waals surface area contributed by atoms with Crippen molar-refractivity contribution in [2.45, 2.75) is 11.5 Å². The number of rotatable bonds is 5. The van der Waals surface area contributed by atoms with Crippen molar-refractivity contribution in [3.8, 4) is 17.0 Å². The zero-order valence-electron chi connectivity index (χ0n) is 10.3. The number of aromatic nitrogens is 2. The third-order valence-corrected chi connectivity index (χ3v) is 3.16. The van der Waals surface area contributed by atoms with Crippen molar-refractivity contribution in [3.63, 3.8) is 0 Å². The van der Waals surface area contributed by atoms with Crippen LogP contribution in [0.4, 0.5) is 13.2 Å². The Balaban J connectivity index is 2.07. The highest BCUT2D eigenvalue weighted by Crippen LogP contribution is 2.26. The van der Waals surface area contributed by atoms with E-state index in [0.717, 1.165) is 11.8 Å². The normalized spacial score (nSPS) is 11.4. The number of hydrogen-bond acceptors (Lipinski definition) is 4. The van der Waals surface area contributed by atoms with Gasteiger partial charge < -0.3 is 14.8 Å². The number of alkyl halides is 3. The molecule has 0 bridgehead atoms. The topological polar surface area (TPSA) is 75.2 Å². The Morgan fingerprint density at radius 3 is 2.57 bits per heavy atom. The summed E-state index contributed by atoms with van der Waals surface area (Å²) < 4.78 is 39.9. The molecule has 0 amide bonds. The van der Waals surface area contributed by atoms with Crippen molar-refractivity contribution < 1.29 is 27.8 Å². The number of H-pyrrole nitrogens is 1. The van der Waals surface area contributed by atoms with E-state index in [1.807, 2.05) is 0 Å². The first-order chi connectivity index (χ1) is 9.83. The van der Waals surface area contributed by atoms with Crippen molar-refractivity contribution in [3.05, 3.63) is 30.5 Å². The van der Waals surface area contributed by atoms with Crippen molar-refractivity contribution in [2.24, 2.45) is 0 Å². The van der Waals surface area contributed by atoms with Crippen LogP contribution in [0.15, 0.2) is 35.6 Å². The van der Waals surface area contributed by atoms with E-state index < -0.39 is 12.3 Å². The summed E-state index contributed by atoms with van der Waals surface area (Å²) >= 11 is 1.02. The van der Waals surface area contributed by atoms with Crippen LogP contribution >= 0.6 is 11.8 Å². The zero-order valence-corrected chi connectivity index (χ0v) is 11.2. The average Bonchev–Trinajstić information content (AvgIpc) is 2.84. The van der Waals surface area contributed by atoms with Crippen LogP contribution < -0.4 is 4.74 Å². The standard InChI is InChI=1S/C12H9F3N2O3S/c13-12(14,15)20-8-3-1-7(2-4-8)9-5-16-11(17-9)21-6-10(18)19/h1-5H,6H2,(H,16,17)(H,18,19). The average molecular weight is 318 g/mol. The van der Waals surface area contributed by atoms with E-state index >= 15 is 0 Å². The van der Waals surface area contributed by atoms with Gasteiger partial charge in [0.2, 0.25) is 0 Å². The van der Waals surface area contributed by atoms with Crippen LogP contribution in [0.2, 0.25) is 0 Å². The van der Waals surface area contributed by atoms with Crippen LogP contribution in [-0.4, -0.2) is 33.2 Å². The number of thioether (sulfide) groups is 1. The second-order valence-corrected chi connectivity index (χ2v) is 4.82. The molecule has 0 aliphatic rings. The molecular weight excluding hydrogens is 309 g/mol. The van der Waals surface area contributed by atoms with E-state index in [1.54, 1.807) is 0 Å². The molecule has 1 heterocycles. The molecule has 0 atom stereocenters. The number of carboxylic acid groups (broad SMARTS) is 1. The van der Waals surface area contributed by atoms with Crippen LogP contribution in [0.3, 0.4) is 0 Å². The zero-order chi connectivity index (χ0) is 15.5. The molecule has 0 saturated heterocycles. The molecule has 2 N–H and O–H groups in total. The predicted molar refractivity (Wildman–Crippen MR) is 69.1 cm³/mol. The van der Waals surface area contributed by atoms with Crippen LogP contribution in [0.5, 0.6) is 5.75 Å². The summed E-state index contributed by atoms with van der Waals surface area (Å²) in [5.74, 6) is -1.41. The first-order valence-electron chi connectivity index (χ1n) is 5.59. The number of carboxylic acids is 1. The minimum atomic E-state index is -4.73. The Morgan fingerprint density at radius 1 is 1.33 bits per heavy atom. The lowest BCUT2D eigenvalue weighted by atomic mass is 10.2. The fourth-order valence-electron chi connectivity index (χ4n) is 1.49. The Bertz CT molecular complexity index is 625. The van der Waals surface area contributed by atoms with Gasteiger partial charge in [-0.1, -0.05) is 11.8 Å². The number of ether oxygens (including phenoxy) is 1. The summed E-state index contributed by atoms with van der Waals surface area (Å²) in [5, 5.41) is 8.97. The van der Waals surface area contributed by atoms with E-state index in [0.29, 0.717) is 16.4 Å². The maximum Gasteiger partial charge on any atom is 0.573 e. The van der Waals surface area contributed by atoms with Crippen LogP contribution in [0.1, 0.15) is 0 Å². The maximum absolute atomic E-state index is 12.0. The van der Waals surface area contributed by atoms with Gasteiger partial charge >= 0.3 is 12.3 Å². The molecule has 0 radical (unpaired) electrons. The number of nitrogens with zero attached hydrogens (tertiary/aromatic N) is 1. The fourth-order valence-corrected chi connectivity index (χ4v) is 2.06. The first kappa shape index (κ1) is 15.2. The summed E-state index contributed by atoms with van der Waals surface area (Å²) in [6.45, 7) is 0. The number of aromatic amines is 1. The molecule has 9 heteroatoms. The molecule has 2 rings (SSSR count). The number of aliphatic carboxylic acids is 1. The quantitative estimate of drug-likeness (QED) is 0.828. The van der Waals surface area contributed by atoms with E-state index in [9.17, 15) is 18.0 Å². The van der Waals surface area contributed by atoms with Crippen LogP contribution in [0.25, 0.3) is 11.3 Å². The molecule has 21 heavy (non-hydrogen) atoms. The summed E-state index contributed by atoms with van der Waals surface area (Å²) in [6.07, 6.45) is -3.25. The highest BCUT2D eigenvalue weighted by Gasteiger charge is 2.30. The number of halogens is 3. The van der Waals surface area contributed by atoms with Crippen molar-refractivity contribution >= 4 is 17.7 Å². The predicted octanol–water partition coefficient (Wildman–Crippen LogP) is 3.15. The minimum absolute atomic E-state index is 0.134. The highest BCUT2D eigenvalue weighted by molar-refractivity contribution is 7.99. The first-order valence-corrected chi connectivity index (χ1v) is 6.58. The van der Waals surface area contributed by atoms with Crippen LogP contribution in [0, 0.1) is 0 Å². The third kappa shape index (κ3) is 4.71. The molecule has 0 saturated carbocycles. The Morgan fingerprint density at radius 2 is 2.00 bits per heavy atom. The Kier molecular flexibility index (Phi) is 4.41. The smallest absolute Gasteiger partial charge is 0.481 e. The lowest BCUT2D eigenvalue weighted by molar-refractivity contribution is -0.274. The number of imidazole rings is 1. The number of benzene rings is 1. The van der Waals surface area contributed by atoms with Crippen molar-refractivity contribution in [2.75, 3.05) is 5.75 Å². The molecule has 2 aromatic rings. The van der Waals surface area contributed by atoms with E-state index in [-0.39, 0.29) is 11.5 Å². The summed E-state index contributed by atoms with van der Waals surface area (Å²) in [7, 11) is 0. The molecule has 112 valence electrons. The fraction of sp³-hybridized carbons (Fsp3) is 0.167. The van der Waals surface area contributed by atoms with Gasteiger partial charge in [-0.05, 0) is 29.8 Å². The molecule has 0 aliphatic heterocycles. The van der Waals surface area contributed by atoms with E-state index in [1.165, 1.54) is 30.5 Å². The minimum Gasteiger partial charge on any atom is -0.481 e. The second-order valence-electron chi connectivity index (χ2n) is 3.86. The number of hydrogen-bond donors (Lipinski definition) is 2. The number of nitrogens with one attached hydrogen (secondary N) is 1. The van der Waals surface area contributed by atoms with E-state index in [2.05, 4.69) is 14.7 Å². The largest absolute Gasteiger partial charge is 0.573 e. The van der Waals surface area contributed by atoms with Crippen LogP contribution in [-0.2, 0) is 4.79 Å². The van der Waals surface area contributed by atoms with Gasteiger partial charge in [-0.15, -0.1) is 13.2 Å². The van der Waals surface area contributed by atoms with Crippen molar-refractivity contribution in [1.29, 1.82) is 0 Å². The number of carbonyl (C=O) groups is 1.